The molecule has 0 spiro atoms. The van der Waals surface area contributed by atoms with E-state index in [1.54, 1.807) is 11.3 Å². The highest BCUT2D eigenvalue weighted by atomic mass is 32.1. The van der Waals surface area contributed by atoms with E-state index < -0.39 is 5.97 Å². The molecular formula is C20H33N3O3S. The number of likely N-dealkylation sites (tertiary alicyclic amines) is 1. The van der Waals surface area contributed by atoms with Gasteiger partial charge in [-0.2, -0.15) is 0 Å². The van der Waals surface area contributed by atoms with Gasteiger partial charge in [0.05, 0.1) is 19.1 Å². The molecule has 0 saturated carbocycles. The van der Waals surface area contributed by atoms with Crippen LogP contribution in [0.3, 0.4) is 0 Å². The number of nitrogens with one attached hydrogen (secondary N) is 1. The predicted molar refractivity (Wildman–Crippen MR) is 109 cm³/mol. The Hall–Kier alpha value is -1.44. The van der Waals surface area contributed by atoms with Gasteiger partial charge in [0.2, 0.25) is 5.91 Å². The van der Waals surface area contributed by atoms with Gasteiger partial charge in [-0.1, -0.05) is 26.8 Å². The number of hydrogen-bond acceptors (Lipinski definition) is 5. The smallest absolute Gasteiger partial charge is 0.317 e. The molecule has 0 bridgehead atoms. The number of hydrogen-bond donors (Lipinski definition) is 2. The number of carboxylic acid groups (broad SMARTS) is 1. The lowest BCUT2D eigenvalue weighted by Gasteiger charge is -2.31. The van der Waals surface area contributed by atoms with Crippen LogP contribution in [0.15, 0.2) is 17.5 Å². The molecule has 2 heterocycles. The minimum Gasteiger partial charge on any atom is -0.480 e. The number of carbonyl (C=O) groups is 2. The van der Waals surface area contributed by atoms with E-state index in [4.69, 9.17) is 5.11 Å². The van der Waals surface area contributed by atoms with E-state index in [9.17, 15) is 9.59 Å². The number of nitrogens with zero attached hydrogens (tertiary/aromatic N) is 2. The highest BCUT2D eigenvalue weighted by molar-refractivity contribution is 7.10. The maximum absolute atomic E-state index is 12.7. The maximum Gasteiger partial charge on any atom is 0.317 e. The minimum absolute atomic E-state index is 0.00595. The van der Waals surface area contributed by atoms with Crippen LogP contribution in [0.1, 0.15) is 51.0 Å². The van der Waals surface area contributed by atoms with Crippen molar-refractivity contribution in [2.75, 3.05) is 33.2 Å². The summed E-state index contributed by atoms with van der Waals surface area (Å²) < 4.78 is 0. The highest BCUT2D eigenvalue weighted by Crippen LogP contribution is 2.35. The summed E-state index contributed by atoms with van der Waals surface area (Å²) in [5.74, 6) is -0.736. The summed E-state index contributed by atoms with van der Waals surface area (Å²) in [5.41, 5.74) is -0.0516. The molecule has 2 unspecified atom stereocenters. The summed E-state index contributed by atoms with van der Waals surface area (Å²) in [5, 5.41) is 14.3. The van der Waals surface area contributed by atoms with Crippen molar-refractivity contribution in [2.24, 2.45) is 5.41 Å². The van der Waals surface area contributed by atoms with Crippen LogP contribution < -0.4 is 5.32 Å². The molecule has 0 aliphatic carbocycles. The van der Waals surface area contributed by atoms with Gasteiger partial charge in [0.15, 0.2) is 0 Å². The number of thiophene rings is 1. The molecule has 1 aliphatic rings. The number of carboxylic acids is 1. The number of aliphatic carboxylic acids is 1. The normalized spacial score (nSPS) is 20.3. The van der Waals surface area contributed by atoms with Crippen LogP contribution in [0.4, 0.5) is 0 Å². The third-order valence-corrected chi connectivity index (χ3v) is 6.10. The van der Waals surface area contributed by atoms with Crippen molar-refractivity contribution in [3.63, 3.8) is 0 Å². The van der Waals surface area contributed by atoms with Gasteiger partial charge >= 0.3 is 5.97 Å². The van der Waals surface area contributed by atoms with Crippen molar-refractivity contribution in [1.82, 2.24) is 15.1 Å². The fourth-order valence-corrected chi connectivity index (χ4v) is 4.68. The number of rotatable bonds is 7. The molecule has 1 saturated heterocycles. The van der Waals surface area contributed by atoms with Crippen molar-refractivity contribution in [3.8, 4) is 0 Å². The number of amides is 1. The first kappa shape index (κ1) is 21.9. The Morgan fingerprint density at radius 1 is 1.37 bits per heavy atom. The summed E-state index contributed by atoms with van der Waals surface area (Å²) in [4.78, 5) is 28.9. The van der Waals surface area contributed by atoms with Gasteiger partial charge in [0.25, 0.3) is 0 Å². The van der Waals surface area contributed by atoms with Gasteiger partial charge in [-0.25, -0.2) is 0 Å². The number of carbonyl (C=O) groups excluding carboxylic acids is 1. The Kier molecular flexibility index (Phi) is 7.82. The molecular weight excluding hydrogens is 362 g/mol. The second-order valence-corrected chi connectivity index (χ2v) is 9.53. The molecule has 0 aromatic carbocycles. The fraction of sp³-hybridized carbons (Fsp3) is 0.700. The molecule has 152 valence electrons. The summed E-state index contributed by atoms with van der Waals surface area (Å²) in [6, 6.07) is 4.37. The van der Waals surface area contributed by atoms with Gasteiger partial charge in [0.1, 0.15) is 0 Å². The Labute approximate surface area is 166 Å². The first-order valence-electron chi connectivity index (χ1n) is 9.64. The molecule has 0 radical (unpaired) electrons. The lowest BCUT2D eigenvalue weighted by molar-refractivity contribution is -0.138. The van der Waals surface area contributed by atoms with Crippen LogP contribution in [0.5, 0.6) is 0 Å². The molecule has 2 rings (SSSR count). The molecule has 1 fully saturated rings. The van der Waals surface area contributed by atoms with E-state index in [2.05, 4.69) is 37.1 Å². The Bertz CT molecular complexity index is 612. The van der Waals surface area contributed by atoms with Crippen LogP contribution in [0, 0.1) is 5.41 Å². The fourth-order valence-electron chi connectivity index (χ4n) is 3.66. The van der Waals surface area contributed by atoms with Crippen LogP contribution in [-0.4, -0.2) is 66.1 Å². The van der Waals surface area contributed by atoms with Crippen molar-refractivity contribution < 1.29 is 14.7 Å². The van der Waals surface area contributed by atoms with E-state index in [-0.39, 0.29) is 30.0 Å². The molecule has 1 amide bonds. The lowest BCUT2D eigenvalue weighted by Crippen LogP contribution is -2.43. The molecule has 1 aromatic heterocycles. The SMILES string of the molecule is CN(CC(=O)O)C1CCCN(CC(=O)NC(c2cccs2)C(C)(C)C)CC1. The van der Waals surface area contributed by atoms with E-state index in [0.717, 1.165) is 32.4 Å². The Balaban J connectivity index is 1.89. The predicted octanol–water partition coefficient (Wildman–Crippen LogP) is 2.82. The summed E-state index contributed by atoms with van der Waals surface area (Å²) >= 11 is 1.68. The summed E-state index contributed by atoms with van der Waals surface area (Å²) in [6.07, 6.45) is 2.85. The first-order valence-corrected chi connectivity index (χ1v) is 10.5. The van der Waals surface area contributed by atoms with Crippen LogP contribution >= 0.6 is 11.3 Å². The second-order valence-electron chi connectivity index (χ2n) is 8.55. The van der Waals surface area contributed by atoms with Crippen LogP contribution in [0.25, 0.3) is 0 Å². The molecule has 2 atom stereocenters. The topological polar surface area (TPSA) is 72.9 Å². The van der Waals surface area contributed by atoms with Crippen LogP contribution in [-0.2, 0) is 9.59 Å². The van der Waals surface area contributed by atoms with E-state index >= 15 is 0 Å². The maximum atomic E-state index is 12.7. The van der Waals surface area contributed by atoms with Gasteiger partial charge in [-0.3, -0.25) is 19.4 Å². The largest absolute Gasteiger partial charge is 0.480 e. The van der Waals surface area contributed by atoms with Crippen molar-refractivity contribution in [3.05, 3.63) is 22.4 Å². The first-order chi connectivity index (χ1) is 12.7. The van der Waals surface area contributed by atoms with E-state index in [1.165, 1.54) is 4.88 Å². The standard InChI is InChI=1S/C20H33N3O3S/c1-20(2,3)19(16-8-6-12-27-16)21-17(24)13-23-10-5-7-15(9-11-23)22(4)14-18(25)26/h6,8,12,15,19H,5,7,9-11,13-14H2,1-4H3,(H,21,24)(H,25,26). The van der Waals surface area contributed by atoms with Crippen LogP contribution in [0.2, 0.25) is 0 Å². The lowest BCUT2D eigenvalue weighted by atomic mass is 9.85. The Morgan fingerprint density at radius 2 is 2.11 bits per heavy atom. The van der Waals surface area contributed by atoms with Gasteiger partial charge in [0, 0.05) is 17.5 Å². The minimum atomic E-state index is -0.792. The average molecular weight is 396 g/mol. The van der Waals surface area contributed by atoms with Gasteiger partial charge < -0.3 is 10.4 Å². The van der Waals surface area contributed by atoms with Crippen molar-refractivity contribution >= 4 is 23.2 Å². The third kappa shape index (κ3) is 6.90. The zero-order chi connectivity index (χ0) is 20.0. The molecule has 6 nitrogen and oxygen atoms in total. The third-order valence-electron chi connectivity index (χ3n) is 5.16. The molecule has 2 N–H and O–H groups in total. The van der Waals surface area contributed by atoms with E-state index in [0.29, 0.717) is 6.54 Å². The van der Waals surface area contributed by atoms with Gasteiger partial charge in [-0.05, 0) is 49.7 Å². The second kappa shape index (κ2) is 9.66. The average Bonchev–Trinajstić information content (AvgIpc) is 2.97. The molecule has 7 heteroatoms. The van der Waals surface area contributed by atoms with Crippen molar-refractivity contribution in [1.29, 1.82) is 0 Å². The quantitative estimate of drug-likeness (QED) is 0.743. The molecule has 1 aromatic rings. The van der Waals surface area contributed by atoms with Crippen molar-refractivity contribution in [2.45, 2.75) is 52.1 Å². The molecule has 1 aliphatic heterocycles. The monoisotopic (exact) mass is 395 g/mol. The zero-order valence-electron chi connectivity index (χ0n) is 16.9. The zero-order valence-corrected chi connectivity index (χ0v) is 17.7. The number of likely N-dealkylation sites (N-methyl/N-ethyl adjacent to an activating group) is 1. The highest BCUT2D eigenvalue weighted by Gasteiger charge is 2.29. The Morgan fingerprint density at radius 3 is 2.70 bits per heavy atom. The summed E-state index contributed by atoms with van der Waals surface area (Å²) in [7, 11) is 1.87. The van der Waals surface area contributed by atoms with Gasteiger partial charge in [-0.15, -0.1) is 11.3 Å². The molecule has 27 heavy (non-hydrogen) atoms. The summed E-state index contributed by atoms with van der Waals surface area (Å²) in [6.45, 7) is 8.60. The van der Waals surface area contributed by atoms with E-state index in [1.807, 2.05) is 23.4 Å².